The molecule has 0 saturated carbocycles. The minimum atomic E-state index is -0.306. The quantitative estimate of drug-likeness (QED) is 0.159. The molecule has 214 valence electrons. The molecule has 41 heavy (non-hydrogen) atoms. The number of carbonyl (C=O) groups is 1. The Kier molecular flexibility index (Phi) is 10.7. The van der Waals surface area contributed by atoms with Gasteiger partial charge in [-0.3, -0.25) is 9.59 Å². The van der Waals surface area contributed by atoms with Crippen LogP contribution in [0.3, 0.4) is 0 Å². The maximum atomic E-state index is 13.4. The van der Waals surface area contributed by atoms with Crippen LogP contribution in [0.5, 0.6) is 11.5 Å². The second-order valence-electron chi connectivity index (χ2n) is 9.21. The van der Waals surface area contributed by atoms with E-state index in [9.17, 15) is 9.59 Å². The molecule has 0 spiro atoms. The zero-order chi connectivity index (χ0) is 29.5. The van der Waals surface area contributed by atoms with Crippen LogP contribution in [0.4, 0.5) is 5.69 Å². The second kappa shape index (κ2) is 14.2. The third kappa shape index (κ3) is 7.64. The first-order valence-electron chi connectivity index (χ1n) is 13.1. The number of carbonyl (C=O) groups excluding carboxylic acids is 1. The van der Waals surface area contributed by atoms with Crippen LogP contribution in [0.1, 0.15) is 43.6 Å². The predicted octanol–water partition coefficient (Wildman–Crippen LogP) is 7.63. The van der Waals surface area contributed by atoms with E-state index < -0.39 is 0 Å². The first-order chi connectivity index (χ1) is 19.7. The van der Waals surface area contributed by atoms with Gasteiger partial charge in [0.25, 0.3) is 11.5 Å². The number of nitrogens with one attached hydrogen (secondary N) is 1. The fraction of sp³-hybridized carbons (Fsp3) is 0.267. The molecule has 4 rings (SSSR count). The summed E-state index contributed by atoms with van der Waals surface area (Å²) in [6, 6.07) is 14.7. The summed E-state index contributed by atoms with van der Waals surface area (Å²) in [4.78, 5) is 30.7. The van der Waals surface area contributed by atoms with Crippen LogP contribution in [0.25, 0.3) is 10.9 Å². The number of fused-ring (bicyclic) bond motifs is 1. The van der Waals surface area contributed by atoms with Gasteiger partial charge in [0.05, 0.1) is 28.2 Å². The van der Waals surface area contributed by atoms with Gasteiger partial charge in [0.1, 0.15) is 5.82 Å². The number of ether oxygens (including phenoxy) is 2. The van der Waals surface area contributed by atoms with Crippen molar-refractivity contribution in [3.63, 3.8) is 0 Å². The number of aromatic nitrogens is 2. The van der Waals surface area contributed by atoms with Gasteiger partial charge in [0.2, 0.25) is 0 Å². The highest BCUT2D eigenvalue weighted by Crippen LogP contribution is 2.42. The fourth-order valence-corrected chi connectivity index (χ4v) is 5.29. The Morgan fingerprint density at radius 3 is 2.51 bits per heavy atom. The number of amides is 1. The van der Waals surface area contributed by atoms with Crippen molar-refractivity contribution in [2.24, 2.45) is 5.10 Å². The third-order valence-corrected chi connectivity index (χ3v) is 8.72. The van der Waals surface area contributed by atoms with E-state index in [4.69, 9.17) is 14.5 Å². The number of rotatable bonds is 11. The second-order valence-corrected chi connectivity index (χ2v) is 11.7. The lowest BCUT2D eigenvalue weighted by Crippen LogP contribution is -2.22. The number of hydrogen-bond donors (Lipinski definition) is 1. The molecule has 0 aliphatic heterocycles. The highest BCUT2D eigenvalue weighted by molar-refractivity contribution is 9.13. The van der Waals surface area contributed by atoms with Crippen molar-refractivity contribution in [1.82, 2.24) is 9.66 Å². The molecule has 8 nitrogen and oxygen atoms in total. The van der Waals surface area contributed by atoms with E-state index in [1.54, 1.807) is 18.3 Å². The fourth-order valence-electron chi connectivity index (χ4n) is 4.00. The van der Waals surface area contributed by atoms with E-state index in [0.717, 1.165) is 22.9 Å². The normalized spacial score (nSPS) is 11.3. The summed E-state index contributed by atoms with van der Waals surface area (Å²) in [5, 5.41) is 7.85. The maximum Gasteiger partial charge on any atom is 0.282 e. The molecule has 1 aromatic heterocycles. The van der Waals surface area contributed by atoms with E-state index in [0.29, 0.717) is 61.5 Å². The van der Waals surface area contributed by atoms with Gasteiger partial charge >= 0.3 is 0 Å². The first kappa shape index (κ1) is 30.9. The molecule has 11 heteroatoms. The number of halogens is 3. The van der Waals surface area contributed by atoms with Gasteiger partial charge in [0, 0.05) is 26.6 Å². The molecule has 0 bridgehead atoms. The van der Waals surface area contributed by atoms with E-state index in [2.05, 4.69) is 65.1 Å². The lowest BCUT2D eigenvalue weighted by molar-refractivity contribution is -0.118. The Morgan fingerprint density at radius 1 is 1.05 bits per heavy atom. The lowest BCUT2D eigenvalue weighted by Gasteiger charge is -2.16. The molecule has 0 saturated heterocycles. The SMILES string of the molecule is CCCCc1nc2ccc(Br)cc2c(=O)n1N=Cc1cc(OCC)c(OCC(=O)Nc2ccc(C)cc2)c(Br)c1Br. The maximum absolute atomic E-state index is 13.4. The van der Waals surface area contributed by atoms with Gasteiger partial charge in [0.15, 0.2) is 18.1 Å². The van der Waals surface area contributed by atoms with E-state index in [1.165, 1.54) is 4.68 Å². The molecule has 0 atom stereocenters. The summed E-state index contributed by atoms with van der Waals surface area (Å²) < 4.78 is 15.0. The molecule has 0 fully saturated rings. The molecule has 1 N–H and O–H groups in total. The van der Waals surface area contributed by atoms with Crippen LogP contribution < -0.4 is 20.3 Å². The van der Waals surface area contributed by atoms with Gasteiger partial charge in [-0.2, -0.15) is 9.78 Å². The number of aryl methyl sites for hydroxylation is 2. The number of hydrogen-bond acceptors (Lipinski definition) is 6. The molecule has 4 aromatic rings. The molecule has 0 aliphatic rings. The summed E-state index contributed by atoms with van der Waals surface area (Å²) in [5.41, 5.74) is 2.80. The van der Waals surface area contributed by atoms with Gasteiger partial charge in [-0.05, 0) is 88.5 Å². The predicted molar refractivity (Wildman–Crippen MR) is 174 cm³/mol. The monoisotopic (exact) mass is 746 g/mol. The highest BCUT2D eigenvalue weighted by Gasteiger charge is 2.19. The van der Waals surface area contributed by atoms with Gasteiger partial charge < -0.3 is 14.8 Å². The van der Waals surface area contributed by atoms with Crippen molar-refractivity contribution in [2.75, 3.05) is 18.5 Å². The molecular weight excluding hydrogens is 720 g/mol. The summed E-state index contributed by atoms with van der Waals surface area (Å²) in [6.07, 6.45) is 4.02. The van der Waals surface area contributed by atoms with Gasteiger partial charge in [-0.25, -0.2) is 4.98 Å². The van der Waals surface area contributed by atoms with E-state index in [1.807, 2.05) is 50.2 Å². The Labute approximate surface area is 263 Å². The Balaban J connectivity index is 1.65. The average molecular weight is 749 g/mol. The Bertz CT molecular complexity index is 1650. The molecule has 0 aliphatic carbocycles. The molecule has 3 aromatic carbocycles. The van der Waals surface area contributed by atoms with Crippen molar-refractivity contribution in [1.29, 1.82) is 0 Å². The summed E-state index contributed by atoms with van der Waals surface area (Å²) in [6.45, 7) is 6.08. The lowest BCUT2D eigenvalue weighted by atomic mass is 10.2. The van der Waals surface area contributed by atoms with Crippen LogP contribution in [0.2, 0.25) is 0 Å². The highest BCUT2D eigenvalue weighted by atomic mass is 79.9. The summed E-state index contributed by atoms with van der Waals surface area (Å²) in [7, 11) is 0. The third-order valence-electron chi connectivity index (χ3n) is 6.08. The standard InChI is InChI=1S/C30H29Br3N4O4/c1-4-6-7-25-36-23-13-10-20(31)15-22(23)30(39)37(25)34-16-19-14-24(40-5-2)29(28(33)27(19)32)41-17-26(38)35-21-11-8-18(3)9-12-21/h8-16H,4-7,17H2,1-3H3,(H,35,38). The van der Waals surface area contributed by atoms with Crippen LogP contribution in [0, 0.1) is 6.92 Å². The van der Waals surface area contributed by atoms with E-state index >= 15 is 0 Å². The van der Waals surface area contributed by atoms with Gasteiger partial charge in [-0.1, -0.05) is 47.0 Å². The number of anilines is 1. The molecule has 1 heterocycles. The van der Waals surface area contributed by atoms with Crippen LogP contribution in [-0.2, 0) is 11.2 Å². The molecule has 0 radical (unpaired) electrons. The average Bonchev–Trinajstić information content (AvgIpc) is 2.95. The Morgan fingerprint density at radius 2 is 1.80 bits per heavy atom. The van der Waals surface area contributed by atoms with Crippen molar-refractivity contribution in [3.05, 3.63) is 89.3 Å². The minimum absolute atomic E-state index is 0.221. The zero-order valence-corrected chi connectivity index (χ0v) is 27.6. The smallest absolute Gasteiger partial charge is 0.282 e. The topological polar surface area (TPSA) is 94.8 Å². The number of benzene rings is 3. The van der Waals surface area contributed by atoms with Gasteiger partial charge in [-0.15, -0.1) is 0 Å². The summed E-state index contributed by atoms with van der Waals surface area (Å²) in [5.74, 6) is 1.07. The summed E-state index contributed by atoms with van der Waals surface area (Å²) >= 11 is 10.6. The molecule has 1 amide bonds. The van der Waals surface area contributed by atoms with E-state index in [-0.39, 0.29) is 18.1 Å². The van der Waals surface area contributed by atoms with Crippen LogP contribution in [0.15, 0.2) is 71.8 Å². The molecular formula is C30H29Br3N4O4. The number of unbranched alkanes of at least 4 members (excludes halogenated alkanes) is 1. The number of nitrogens with zero attached hydrogens (tertiary/aromatic N) is 3. The van der Waals surface area contributed by atoms with Crippen molar-refractivity contribution >= 4 is 76.5 Å². The zero-order valence-electron chi connectivity index (χ0n) is 22.8. The largest absolute Gasteiger partial charge is 0.490 e. The molecule has 0 unspecified atom stereocenters. The van der Waals surface area contributed by atoms with Crippen molar-refractivity contribution in [2.45, 2.75) is 40.0 Å². The first-order valence-corrected chi connectivity index (χ1v) is 15.5. The van der Waals surface area contributed by atoms with Crippen molar-refractivity contribution in [3.8, 4) is 11.5 Å². The van der Waals surface area contributed by atoms with Crippen LogP contribution in [-0.4, -0.2) is 35.0 Å². The van der Waals surface area contributed by atoms with Crippen molar-refractivity contribution < 1.29 is 14.3 Å². The Hall–Kier alpha value is -3.02. The van der Waals surface area contributed by atoms with Crippen LogP contribution >= 0.6 is 47.8 Å². The minimum Gasteiger partial charge on any atom is -0.490 e.